The van der Waals surface area contributed by atoms with Gasteiger partial charge in [0.1, 0.15) is 0 Å². The van der Waals surface area contributed by atoms with Crippen LogP contribution in [0.3, 0.4) is 0 Å². The minimum atomic E-state index is 0.0378. The highest BCUT2D eigenvalue weighted by Crippen LogP contribution is 2.10. The average Bonchev–Trinajstić information content (AvgIpc) is 2.83. The van der Waals surface area contributed by atoms with Gasteiger partial charge in [-0.05, 0) is 6.92 Å². The van der Waals surface area contributed by atoms with E-state index in [0.29, 0.717) is 0 Å². The number of hydrogen-bond acceptors (Lipinski definition) is 4. The first-order chi connectivity index (χ1) is 7.29. The summed E-state index contributed by atoms with van der Waals surface area (Å²) in [7, 11) is 0. The lowest BCUT2D eigenvalue weighted by molar-refractivity contribution is 0.270. The number of aromatic nitrogens is 3. The summed E-state index contributed by atoms with van der Waals surface area (Å²) < 4.78 is 1.95. The van der Waals surface area contributed by atoms with Crippen LogP contribution in [0.4, 0.5) is 0 Å². The fourth-order valence-corrected chi connectivity index (χ4v) is 2.09. The van der Waals surface area contributed by atoms with Crippen LogP contribution in [0.1, 0.15) is 16.4 Å². The summed E-state index contributed by atoms with van der Waals surface area (Å²) in [6.45, 7) is 2.86. The van der Waals surface area contributed by atoms with Crippen LogP contribution >= 0.6 is 11.3 Å². The minimum Gasteiger partial charge on any atom is -0.390 e. The van der Waals surface area contributed by atoms with Crippen molar-refractivity contribution in [2.24, 2.45) is 0 Å². The fraction of sp³-hybridized carbons (Fsp3) is 0.400. The number of hydrogen-bond donors (Lipinski definition) is 1. The molecular weight excluding hydrogens is 210 g/mol. The van der Waals surface area contributed by atoms with Crippen LogP contribution in [0.2, 0.25) is 0 Å². The van der Waals surface area contributed by atoms with Gasteiger partial charge in [-0.2, -0.15) is 0 Å². The summed E-state index contributed by atoms with van der Waals surface area (Å²) in [6, 6.07) is 0. The summed E-state index contributed by atoms with van der Waals surface area (Å²) in [6.07, 6.45) is 4.31. The van der Waals surface area contributed by atoms with Crippen molar-refractivity contribution in [3.8, 4) is 0 Å². The Hall–Kier alpha value is -1.20. The monoisotopic (exact) mass is 223 g/mol. The van der Waals surface area contributed by atoms with Crippen molar-refractivity contribution in [1.29, 1.82) is 0 Å². The molecule has 80 valence electrons. The second kappa shape index (κ2) is 4.55. The second-order valence-electron chi connectivity index (χ2n) is 3.34. The van der Waals surface area contributed by atoms with Crippen molar-refractivity contribution >= 4 is 11.3 Å². The fourth-order valence-electron chi connectivity index (χ4n) is 1.44. The van der Waals surface area contributed by atoms with Gasteiger partial charge < -0.3 is 9.67 Å². The number of thiazole rings is 1. The SMILES string of the molecule is Cc1nc(CCn2cncc2CO)cs1. The third-order valence-corrected chi connectivity index (χ3v) is 3.06. The van der Waals surface area contributed by atoms with Crippen molar-refractivity contribution in [2.45, 2.75) is 26.5 Å². The van der Waals surface area contributed by atoms with Gasteiger partial charge in [-0.15, -0.1) is 11.3 Å². The molecule has 0 bridgehead atoms. The first-order valence-corrected chi connectivity index (χ1v) is 5.68. The molecule has 0 aliphatic carbocycles. The van der Waals surface area contributed by atoms with E-state index in [2.05, 4.69) is 15.3 Å². The molecule has 2 heterocycles. The molecule has 0 aliphatic rings. The van der Waals surface area contributed by atoms with Crippen molar-refractivity contribution in [3.05, 3.63) is 34.3 Å². The highest BCUT2D eigenvalue weighted by atomic mass is 32.1. The number of aryl methyl sites for hydroxylation is 3. The second-order valence-corrected chi connectivity index (χ2v) is 4.41. The minimum absolute atomic E-state index is 0.0378. The highest BCUT2D eigenvalue weighted by molar-refractivity contribution is 7.09. The molecule has 4 nitrogen and oxygen atoms in total. The zero-order valence-corrected chi connectivity index (χ0v) is 9.37. The van der Waals surface area contributed by atoms with E-state index in [1.165, 1.54) is 0 Å². The van der Waals surface area contributed by atoms with Gasteiger partial charge in [0.05, 0.1) is 35.5 Å². The molecule has 2 aromatic heterocycles. The van der Waals surface area contributed by atoms with Crippen LogP contribution in [0.25, 0.3) is 0 Å². The van der Waals surface area contributed by atoms with Gasteiger partial charge in [0, 0.05) is 18.3 Å². The molecule has 0 saturated carbocycles. The lowest BCUT2D eigenvalue weighted by Crippen LogP contribution is -2.04. The molecule has 1 N–H and O–H groups in total. The van der Waals surface area contributed by atoms with E-state index < -0.39 is 0 Å². The van der Waals surface area contributed by atoms with Crippen molar-refractivity contribution in [3.63, 3.8) is 0 Å². The number of imidazole rings is 1. The molecule has 2 rings (SSSR count). The topological polar surface area (TPSA) is 50.9 Å². The van der Waals surface area contributed by atoms with Gasteiger partial charge in [0.25, 0.3) is 0 Å². The van der Waals surface area contributed by atoms with Gasteiger partial charge in [0.2, 0.25) is 0 Å². The predicted octanol–water partition coefficient (Wildman–Crippen LogP) is 1.38. The zero-order chi connectivity index (χ0) is 10.7. The van der Waals surface area contributed by atoms with Gasteiger partial charge in [-0.25, -0.2) is 9.97 Å². The molecule has 0 unspecified atom stereocenters. The van der Waals surface area contributed by atoms with Crippen LogP contribution in [0, 0.1) is 6.92 Å². The number of nitrogens with zero attached hydrogens (tertiary/aromatic N) is 3. The third-order valence-electron chi connectivity index (χ3n) is 2.24. The Labute approximate surface area is 92.2 Å². The van der Waals surface area contributed by atoms with Crippen molar-refractivity contribution < 1.29 is 5.11 Å². The van der Waals surface area contributed by atoms with Gasteiger partial charge >= 0.3 is 0 Å². The van der Waals surface area contributed by atoms with Crippen LogP contribution in [-0.2, 0) is 19.6 Å². The van der Waals surface area contributed by atoms with Crippen LogP contribution in [0.5, 0.6) is 0 Å². The first-order valence-electron chi connectivity index (χ1n) is 4.80. The maximum Gasteiger partial charge on any atom is 0.0948 e. The van der Waals surface area contributed by atoms with Crippen LogP contribution < -0.4 is 0 Å². The van der Waals surface area contributed by atoms with Crippen LogP contribution in [0.15, 0.2) is 17.9 Å². The van der Waals surface area contributed by atoms with E-state index in [4.69, 9.17) is 5.11 Å². The number of aliphatic hydroxyl groups is 1. The molecule has 0 radical (unpaired) electrons. The normalized spacial score (nSPS) is 10.8. The maximum atomic E-state index is 9.03. The molecule has 5 heteroatoms. The quantitative estimate of drug-likeness (QED) is 0.852. The van der Waals surface area contributed by atoms with E-state index in [9.17, 15) is 0 Å². The third kappa shape index (κ3) is 2.43. The molecule has 0 amide bonds. The Bertz CT molecular complexity index is 435. The van der Waals surface area contributed by atoms with Crippen LogP contribution in [-0.4, -0.2) is 19.6 Å². The standard InChI is InChI=1S/C10H13N3OS/c1-8-12-9(6-15-8)2-3-13-7-11-4-10(13)5-14/h4,6-7,14H,2-3,5H2,1H3. The molecule has 0 saturated heterocycles. The van der Waals surface area contributed by atoms with Crippen molar-refractivity contribution in [1.82, 2.24) is 14.5 Å². The highest BCUT2D eigenvalue weighted by Gasteiger charge is 2.02. The summed E-state index contributed by atoms with van der Waals surface area (Å²) in [5, 5.41) is 12.2. The largest absolute Gasteiger partial charge is 0.390 e. The Morgan fingerprint density at radius 2 is 2.40 bits per heavy atom. The Kier molecular flexibility index (Phi) is 3.13. The average molecular weight is 223 g/mol. The molecule has 0 aromatic carbocycles. The summed E-state index contributed by atoms with van der Waals surface area (Å²) in [5.74, 6) is 0. The summed E-state index contributed by atoms with van der Waals surface area (Å²) in [4.78, 5) is 8.38. The predicted molar refractivity (Wildman–Crippen MR) is 58.7 cm³/mol. The molecular formula is C10H13N3OS. The Balaban J connectivity index is 1.98. The number of rotatable bonds is 4. The molecule has 0 aliphatic heterocycles. The van der Waals surface area contributed by atoms with E-state index >= 15 is 0 Å². The van der Waals surface area contributed by atoms with E-state index in [1.54, 1.807) is 23.9 Å². The number of aliphatic hydroxyl groups excluding tert-OH is 1. The molecule has 0 spiro atoms. The Morgan fingerprint density at radius 3 is 3.07 bits per heavy atom. The summed E-state index contributed by atoms with van der Waals surface area (Å²) >= 11 is 1.67. The Morgan fingerprint density at radius 1 is 1.53 bits per heavy atom. The molecule has 0 atom stereocenters. The van der Waals surface area contributed by atoms with E-state index in [1.807, 2.05) is 11.5 Å². The molecule has 15 heavy (non-hydrogen) atoms. The van der Waals surface area contributed by atoms with Gasteiger partial charge in [-0.3, -0.25) is 0 Å². The van der Waals surface area contributed by atoms with Gasteiger partial charge in [0.15, 0.2) is 0 Å². The smallest absolute Gasteiger partial charge is 0.0948 e. The summed E-state index contributed by atoms with van der Waals surface area (Å²) in [5.41, 5.74) is 1.96. The lowest BCUT2D eigenvalue weighted by atomic mass is 10.3. The van der Waals surface area contributed by atoms with E-state index in [0.717, 1.165) is 29.4 Å². The molecule has 0 fully saturated rings. The van der Waals surface area contributed by atoms with E-state index in [-0.39, 0.29) is 6.61 Å². The van der Waals surface area contributed by atoms with Gasteiger partial charge in [-0.1, -0.05) is 0 Å². The molecule has 2 aromatic rings. The maximum absolute atomic E-state index is 9.03. The van der Waals surface area contributed by atoms with Crippen molar-refractivity contribution in [2.75, 3.05) is 0 Å². The zero-order valence-electron chi connectivity index (χ0n) is 8.55. The first kappa shape index (κ1) is 10.3. The lowest BCUT2D eigenvalue weighted by Gasteiger charge is -2.03.